The van der Waals surface area contributed by atoms with E-state index in [0.717, 1.165) is 5.01 Å². The number of hydrogen-bond acceptors (Lipinski definition) is 6. The molecule has 0 bridgehead atoms. The molecule has 3 rings (SSSR count). The largest absolute Gasteiger partial charge is 0.506 e. The van der Waals surface area contributed by atoms with E-state index in [9.17, 15) is 14.7 Å². The van der Waals surface area contributed by atoms with Crippen molar-refractivity contribution in [1.82, 2.24) is 14.8 Å². The SMILES string of the molecule is CCc1nnc(NC(=O)c2c(O)c3ccccc3n(CC)c2=O)s1. The van der Waals surface area contributed by atoms with Crippen LogP contribution in [0.15, 0.2) is 29.1 Å². The second kappa shape index (κ2) is 6.40. The monoisotopic (exact) mass is 344 g/mol. The van der Waals surface area contributed by atoms with Crippen molar-refractivity contribution in [2.24, 2.45) is 0 Å². The maximum absolute atomic E-state index is 12.6. The van der Waals surface area contributed by atoms with Crippen molar-refractivity contribution in [3.63, 3.8) is 0 Å². The van der Waals surface area contributed by atoms with Crippen LogP contribution in [0.1, 0.15) is 29.2 Å². The van der Waals surface area contributed by atoms with Crippen molar-refractivity contribution in [2.45, 2.75) is 26.8 Å². The molecule has 0 atom stereocenters. The van der Waals surface area contributed by atoms with Gasteiger partial charge in [-0.2, -0.15) is 0 Å². The fourth-order valence-corrected chi connectivity index (χ4v) is 3.19. The van der Waals surface area contributed by atoms with Crippen LogP contribution in [-0.2, 0) is 13.0 Å². The molecule has 7 nitrogen and oxygen atoms in total. The molecular formula is C16H16N4O3S. The van der Waals surface area contributed by atoms with Crippen molar-refractivity contribution in [1.29, 1.82) is 0 Å². The van der Waals surface area contributed by atoms with E-state index in [-0.39, 0.29) is 11.3 Å². The van der Waals surface area contributed by atoms with E-state index in [4.69, 9.17) is 0 Å². The molecule has 0 fully saturated rings. The Morgan fingerprint density at radius 3 is 2.71 bits per heavy atom. The number of fused-ring (bicyclic) bond motifs is 1. The lowest BCUT2D eigenvalue weighted by molar-refractivity contribution is 0.102. The van der Waals surface area contributed by atoms with E-state index < -0.39 is 11.5 Å². The zero-order valence-corrected chi connectivity index (χ0v) is 14.1. The first kappa shape index (κ1) is 16.1. The summed E-state index contributed by atoms with van der Waals surface area (Å²) in [6.07, 6.45) is 0.706. The molecular weight excluding hydrogens is 328 g/mol. The molecule has 0 aliphatic heterocycles. The number of nitrogens with zero attached hydrogens (tertiary/aromatic N) is 3. The van der Waals surface area contributed by atoms with Crippen LogP contribution >= 0.6 is 11.3 Å². The molecule has 1 aromatic carbocycles. The number of nitrogens with one attached hydrogen (secondary N) is 1. The molecule has 0 saturated heterocycles. The van der Waals surface area contributed by atoms with E-state index in [1.165, 1.54) is 15.9 Å². The van der Waals surface area contributed by atoms with Crippen molar-refractivity contribution in [3.8, 4) is 5.75 Å². The Balaban J connectivity index is 2.11. The Hall–Kier alpha value is -2.74. The van der Waals surface area contributed by atoms with Crippen LogP contribution < -0.4 is 10.9 Å². The number of para-hydroxylation sites is 1. The molecule has 0 unspecified atom stereocenters. The quantitative estimate of drug-likeness (QED) is 0.757. The number of anilines is 1. The molecule has 2 N–H and O–H groups in total. The second-order valence-corrected chi connectivity index (χ2v) is 6.16. The number of carbonyl (C=O) groups is 1. The Bertz CT molecular complexity index is 977. The van der Waals surface area contributed by atoms with Crippen LogP contribution in [0, 0.1) is 0 Å². The minimum Gasteiger partial charge on any atom is -0.506 e. The van der Waals surface area contributed by atoms with Gasteiger partial charge in [-0.25, -0.2) is 0 Å². The van der Waals surface area contributed by atoms with E-state index in [1.807, 2.05) is 13.8 Å². The normalized spacial score (nSPS) is 10.9. The van der Waals surface area contributed by atoms with Crippen molar-refractivity contribution in [3.05, 3.63) is 45.2 Å². The maximum Gasteiger partial charge on any atom is 0.267 e. The van der Waals surface area contributed by atoms with Gasteiger partial charge in [-0.05, 0) is 25.5 Å². The van der Waals surface area contributed by atoms with Gasteiger partial charge in [0.2, 0.25) is 5.13 Å². The Morgan fingerprint density at radius 1 is 1.29 bits per heavy atom. The zero-order chi connectivity index (χ0) is 17.3. The van der Waals surface area contributed by atoms with Crippen LogP contribution in [0.2, 0.25) is 0 Å². The van der Waals surface area contributed by atoms with Gasteiger partial charge < -0.3 is 9.67 Å². The van der Waals surface area contributed by atoms with Gasteiger partial charge in [0.25, 0.3) is 11.5 Å². The summed E-state index contributed by atoms with van der Waals surface area (Å²) in [7, 11) is 0. The highest BCUT2D eigenvalue weighted by Crippen LogP contribution is 2.27. The molecule has 0 aliphatic rings. The first-order valence-corrected chi connectivity index (χ1v) is 8.36. The Kier molecular flexibility index (Phi) is 4.30. The average molecular weight is 344 g/mol. The van der Waals surface area contributed by atoms with E-state index in [2.05, 4.69) is 15.5 Å². The van der Waals surface area contributed by atoms with Gasteiger partial charge in [0.05, 0.1) is 5.52 Å². The number of hydrogen-bond donors (Lipinski definition) is 2. The van der Waals surface area contributed by atoms with Crippen LogP contribution in [0.25, 0.3) is 10.9 Å². The molecule has 24 heavy (non-hydrogen) atoms. The molecule has 0 radical (unpaired) electrons. The molecule has 0 aliphatic carbocycles. The third kappa shape index (κ3) is 2.65. The lowest BCUT2D eigenvalue weighted by Crippen LogP contribution is -2.29. The van der Waals surface area contributed by atoms with Crippen molar-refractivity contribution in [2.75, 3.05) is 5.32 Å². The topological polar surface area (TPSA) is 97.1 Å². The van der Waals surface area contributed by atoms with E-state index >= 15 is 0 Å². The highest BCUT2D eigenvalue weighted by molar-refractivity contribution is 7.15. The molecule has 0 spiro atoms. The lowest BCUT2D eigenvalue weighted by atomic mass is 10.1. The maximum atomic E-state index is 12.6. The number of pyridine rings is 1. The predicted octanol–water partition coefficient (Wildman–Crippen LogP) is 2.39. The third-order valence-corrected chi connectivity index (χ3v) is 4.66. The van der Waals surface area contributed by atoms with Gasteiger partial charge in [-0.3, -0.25) is 14.9 Å². The highest BCUT2D eigenvalue weighted by Gasteiger charge is 2.22. The number of rotatable bonds is 4. The Labute approximate surface area is 141 Å². The molecule has 3 aromatic rings. The number of aromatic hydroxyl groups is 1. The second-order valence-electron chi connectivity index (χ2n) is 5.10. The third-order valence-electron chi connectivity index (χ3n) is 3.68. The first-order chi connectivity index (χ1) is 11.6. The minimum absolute atomic E-state index is 0.288. The van der Waals surface area contributed by atoms with Crippen LogP contribution in [0.5, 0.6) is 5.75 Å². The summed E-state index contributed by atoms with van der Waals surface area (Å²) in [6.45, 7) is 4.13. The smallest absolute Gasteiger partial charge is 0.267 e. The predicted molar refractivity (Wildman–Crippen MR) is 92.8 cm³/mol. The van der Waals surface area contributed by atoms with Crippen molar-refractivity contribution >= 4 is 33.3 Å². The summed E-state index contributed by atoms with van der Waals surface area (Å²) < 4.78 is 1.46. The van der Waals surface area contributed by atoms with Gasteiger partial charge >= 0.3 is 0 Å². The number of benzene rings is 1. The highest BCUT2D eigenvalue weighted by atomic mass is 32.1. The number of amides is 1. The first-order valence-electron chi connectivity index (χ1n) is 7.55. The molecule has 2 aromatic heterocycles. The summed E-state index contributed by atoms with van der Waals surface area (Å²) in [4.78, 5) is 25.2. The number of aromatic nitrogens is 3. The fraction of sp³-hybridized carbons (Fsp3) is 0.250. The summed E-state index contributed by atoms with van der Waals surface area (Å²) in [5, 5.41) is 22.3. The van der Waals surface area contributed by atoms with Crippen LogP contribution in [0.3, 0.4) is 0 Å². The molecule has 2 heterocycles. The summed E-state index contributed by atoms with van der Waals surface area (Å²) >= 11 is 1.24. The molecule has 0 saturated carbocycles. The van der Waals surface area contributed by atoms with Gasteiger partial charge in [0.1, 0.15) is 16.3 Å². The summed E-state index contributed by atoms with van der Waals surface area (Å²) in [5.41, 5.74) is -0.238. The minimum atomic E-state index is -0.691. The van der Waals surface area contributed by atoms with Crippen LogP contribution in [-0.4, -0.2) is 25.8 Å². The van der Waals surface area contributed by atoms with Gasteiger partial charge in [-0.15, -0.1) is 10.2 Å². The number of aryl methyl sites for hydroxylation is 2. The standard InChI is InChI=1S/C16H16N4O3S/c1-3-11-18-19-16(24-11)17-14(22)12-13(21)9-7-5-6-8-10(9)20(4-2)15(12)23/h5-8,21H,3-4H2,1-2H3,(H,17,19,22). The van der Waals surface area contributed by atoms with Gasteiger partial charge in [0, 0.05) is 11.9 Å². The zero-order valence-electron chi connectivity index (χ0n) is 13.2. The Morgan fingerprint density at radius 2 is 2.04 bits per heavy atom. The average Bonchev–Trinajstić information content (AvgIpc) is 3.03. The summed E-state index contributed by atoms with van der Waals surface area (Å²) in [6, 6.07) is 6.93. The number of carbonyl (C=O) groups excluding carboxylic acids is 1. The molecule has 8 heteroatoms. The fourth-order valence-electron chi connectivity index (χ4n) is 2.51. The van der Waals surface area contributed by atoms with E-state index in [1.54, 1.807) is 24.3 Å². The van der Waals surface area contributed by atoms with Crippen LogP contribution in [0.4, 0.5) is 5.13 Å². The molecule has 1 amide bonds. The van der Waals surface area contributed by atoms with Crippen molar-refractivity contribution < 1.29 is 9.90 Å². The van der Waals surface area contributed by atoms with Gasteiger partial charge in [0.15, 0.2) is 0 Å². The van der Waals surface area contributed by atoms with E-state index in [0.29, 0.717) is 29.0 Å². The lowest BCUT2D eigenvalue weighted by Gasteiger charge is -2.12. The summed E-state index contributed by atoms with van der Waals surface area (Å²) in [5.74, 6) is -1.01. The molecule has 124 valence electrons. The van der Waals surface area contributed by atoms with Gasteiger partial charge in [-0.1, -0.05) is 30.4 Å².